The molecule has 0 saturated carbocycles. The van der Waals surface area contributed by atoms with Crippen LogP contribution < -0.4 is 0 Å². The lowest BCUT2D eigenvalue weighted by molar-refractivity contribution is 0.237. The van der Waals surface area contributed by atoms with Crippen LogP contribution in [0.25, 0.3) is 10.9 Å². The highest BCUT2D eigenvalue weighted by Crippen LogP contribution is 2.33. The number of hydrogen-bond acceptors (Lipinski definition) is 3. The average Bonchev–Trinajstić information content (AvgIpc) is 3.13. The molecule has 2 aromatic heterocycles. The molecule has 1 aliphatic heterocycles. The average molecular weight is 306 g/mol. The van der Waals surface area contributed by atoms with Crippen LogP contribution in [-0.2, 0) is 13.6 Å². The molecular formula is C19H22N4. The molecule has 1 saturated heterocycles. The Hall–Kier alpha value is -2.20. The van der Waals surface area contributed by atoms with E-state index in [1.54, 1.807) is 0 Å². The lowest BCUT2D eigenvalue weighted by atomic mass is 10.1. The summed E-state index contributed by atoms with van der Waals surface area (Å²) >= 11 is 0. The SMILES string of the molecule is Cc1cn(C)c(C2CCCN2Cc2cccc3cccnc23)n1. The van der Waals surface area contributed by atoms with Gasteiger partial charge in [0.15, 0.2) is 0 Å². The molecular weight excluding hydrogens is 284 g/mol. The van der Waals surface area contributed by atoms with Crippen molar-refractivity contribution in [2.24, 2.45) is 7.05 Å². The molecule has 1 aliphatic rings. The van der Waals surface area contributed by atoms with E-state index in [9.17, 15) is 0 Å². The molecule has 0 N–H and O–H groups in total. The summed E-state index contributed by atoms with van der Waals surface area (Å²) in [5, 5.41) is 1.22. The highest BCUT2D eigenvalue weighted by molar-refractivity contribution is 5.81. The first-order valence-electron chi connectivity index (χ1n) is 8.29. The molecule has 1 atom stereocenters. The summed E-state index contributed by atoms with van der Waals surface area (Å²) in [7, 11) is 2.10. The summed E-state index contributed by atoms with van der Waals surface area (Å²) in [4.78, 5) is 11.9. The van der Waals surface area contributed by atoms with E-state index in [0.717, 1.165) is 24.3 Å². The van der Waals surface area contributed by atoms with Crippen molar-refractivity contribution >= 4 is 10.9 Å². The Morgan fingerprint density at radius 2 is 2.09 bits per heavy atom. The highest BCUT2D eigenvalue weighted by atomic mass is 15.2. The van der Waals surface area contributed by atoms with Gasteiger partial charge in [-0.2, -0.15) is 0 Å². The van der Waals surface area contributed by atoms with Crippen LogP contribution in [0.1, 0.15) is 36.0 Å². The van der Waals surface area contributed by atoms with Crippen molar-refractivity contribution in [2.75, 3.05) is 6.54 Å². The zero-order chi connectivity index (χ0) is 15.8. The molecule has 0 radical (unpaired) electrons. The fourth-order valence-corrected chi connectivity index (χ4v) is 3.77. The highest BCUT2D eigenvalue weighted by Gasteiger charge is 2.29. The first kappa shape index (κ1) is 14.4. The molecule has 4 nitrogen and oxygen atoms in total. The van der Waals surface area contributed by atoms with E-state index >= 15 is 0 Å². The molecule has 0 amide bonds. The third kappa shape index (κ3) is 2.63. The van der Waals surface area contributed by atoms with Crippen molar-refractivity contribution in [3.05, 3.63) is 59.8 Å². The van der Waals surface area contributed by atoms with Crippen molar-refractivity contribution in [3.63, 3.8) is 0 Å². The van der Waals surface area contributed by atoms with Gasteiger partial charge in [-0.1, -0.05) is 24.3 Å². The number of hydrogen-bond donors (Lipinski definition) is 0. The summed E-state index contributed by atoms with van der Waals surface area (Å²) in [6.45, 7) is 4.13. The molecule has 1 unspecified atom stereocenters. The second kappa shape index (κ2) is 5.78. The van der Waals surface area contributed by atoms with Gasteiger partial charge in [0, 0.05) is 31.4 Å². The van der Waals surface area contributed by atoms with Gasteiger partial charge in [-0.15, -0.1) is 0 Å². The Balaban J connectivity index is 1.66. The van der Waals surface area contributed by atoms with Crippen LogP contribution in [0, 0.1) is 6.92 Å². The van der Waals surface area contributed by atoms with E-state index < -0.39 is 0 Å². The number of aromatic nitrogens is 3. The minimum atomic E-state index is 0.410. The van der Waals surface area contributed by atoms with Gasteiger partial charge >= 0.3 is 0 Å². The third-order valence-corrected chi connectivity index (χ3v) is 4.78. The van der Waals surface area contributed by atoms with Gasteiger partial charge in [-0.05, 0) is 37.9 Å². The largest absolute Gasteiger partial charge is 0.336 e. The molecule has 1 aromatic carbocycles. The molecule has 3 aromatic rings. The van der Waals surface area contributed by atoms with Crippen LogP contribution in [-0.4, -0.2) is 26.0 Å². The summed E-state index contributed by atoms with van der Waals surface area (Å²) in [6.07, 6.45) is 6.41. The molecule has 0 bridgehead atoms. The van der Waals surface area contributed by atoms with Crippen molar-refractivity contribution in [2.45, 2.75) is 32.4 Å². The minimum absolute atomic E-state index is 0.410. The Morgan fingerprint density at radius 3 is 2.91 bits per heavy atom. The summed E-state index contributed by atoms with van der Waals surface area (Å²) in [5.74, 6) is 1.19. The van der Waals surface area contributed by atoms with Crippen LogP contribution in [0.15, 0.2) is 42.7 Å². The van der Waals surface area contributed by atoms with Crippen molar-refractivity contribution < 1.29 is 0 Å². The second-order valence-corrected chi connectivity index (χ2v) is 6.47. The number of likely N-dealkylation sites (tertiary alicyclic amines) is 1. The van der Waals surface area contributed by atoms with Gasteiger partial charge in [-0.3, -0.25) is 9.88 Å². The van der Waals surface area contributed by atoms with Gasteiger partial charge in [0.05, 0.1) is 17.3 Å². The van der Waals surface area contributed by atoms with Crippen molar-refractivity contribution in [1.82, 2.24) is 19.4 Å². The number of benzene rings is 1. The van der Waals surface area contributed by atoms with Crippen LogP contribution in [0.3, 0.4) is 0 Å². The minimum Gasteiger partial charge on any atom is -0.336 e. The van der Waals surface area contributed by atoms with Gasteiger partial charge in [-0.25, -0.2) is 4.98 Å². The van der Waals surface area contributed by atoms with Crippen molar-refractivity contribution in [1.29, 1.82) is 0 Å². The van der Waals surface area contributed by atoms with Crippen LogP contribution in [0.2, 0.25) is 0 Å². The Labute approximate surface area is 136 Å². The molecule has 118 valence electrons. The van der Waals surface area contributed by atoms with E-state index in [4.69, 9.17) is 4.98 Å². The monoisotopic (exact) mass is 306 g/mol. The molecule has 3 heterocycles. The topological polar surface area (TPSA) is 34.0 Å². The standard InChI is InChI=1S/C19H22N4/c1-14-12-22(2)19(21-14)17-9-5-11-23(17)13-16-7-3-6-15-8-4-10-20-18(15)16/h3-4,6-8,10,12,17H,5,9,11,13H2,1-2H3. The van der Waals surface area contributed by atoms with Crippen LogP contribution in [0.4, 0.5) is 0 Å². The number of para-hydroxylation sites is 1. The predicted octanol–water partition coefficient (Wildman–Crippen LogP) is 3.61. The van der Waals surface area contributed by atoms with E-state index in [1.807, 2.05) is 12.3 Å². The molecule has 4 rings (SSSR count). The maximum Gasteiger partial charge on any atom is 0.126 e. The van der Waals surface area contributed by atoms with Gasteiger partial charge in [0.25, 0.3) is 0 Å². The fourth-order valence-electron chi connectivity index (χ4n) is 3.77. The first-order valence-corrected chi connectivity index (χ1v) is 8.29. The zero-order valence-electron chi connectivity index (χ0n) is 13.7. The van der Waals surface area contributed by atoms with E-state index in [0.29, 0.717) is 6.04 Å². The lowest BCUT2D eigenvalue weighted by Crippen LogP contribution is -2.25. The number of imidazole rings is 1. The van der Waals surface area contributed by atoms with Gasteiger partial charge < -0.3 is 4.57 Å². The van der Waals surface area contributed by atoms with Crippen molar-refractivity contribution in [3.8, 4) is 0 Å². The van der Waals surface area contributed by atoms with E-state index in [-0.39, 0.29) is 0 Å². The second-order valence-electron chi connectivity index (χ2n) is 6.47. The number of pyridine rings is 1. The normalized spacial score (nSPS) is 18.8. The van der Waals surface area contributed by atoms with Crippen LogP contribution >= 0.6 is 0 Å². The molecule has 4 heteroatoms. The van der Waals surface area contributed by atoms with E-state index in [1.165, 1.54) is 29.6 Å². The summed E-state index contributed by atoms with van der Waals surface area (Å²) < 4.78 is 2.18. The fraction of sp³-hybridized carbons (Fsp3) is 0.368. The smallest absolute Gasteiger partial charge is 0.126 e. The Kier molecular flexibility index (Phi) is 3.62. The first-order chi connectivity index (χ1) is 11.2. The van der Waals surface area contributed by atoms with Gasteiger partial charge in [0.2, 0.25) is 0 Å². The number of aryl methyl sites for hydroxylation is 2. The molecule has 0 spiro atoms. The third-order valence-electron chi connectivity index (χ3n) is 4.78. The maximum absolute atomic E-state index is 4.75. The predicted molar refractivity (Wildman–Crippen MR) is 92.1 cm³/mol. The summed E-state index contributed by atoms with van der Waals surface area (Å²) in [6, 6.07) is 11.0. The Bertz CT molecular complexity index is 831. The number of rotatable bonds is 3. The zero-order valence-corrected chi connectivity index (χ0v) is 13.7. The van der Waals surface area contributed by atoms with Crippen LogP contribution in [0.5, 0.6) is 0 Å². The quantitative estimate of drug-likeness (QED) is 0.741. The number of nitrogens with zero attached hydrogens (tertiary/aromatic N) is 4. The number of fused-ring (bicyclic) bond motifs is 1. The van der Waals surface area contributed by atoms with E-state index in [2.05, 4.69) is 58.9 Å². The summed E-state index contributed by atoms with van der Waals surface area (Å²) in [5.41, 5.74) is 3.53. The maximum atomic E-state index is 4.75. The lowest BCUT2D eigenvalue weighted by Gasteiger charge is -2.24. The van der Waals surface area contributed by atoms with Gasteiger partial charge in [0.1, 0.15) is 5.82 Å². The molecule has 23 heavy (non-hydrogen) atoms. The molecule has 1 fully saturated rings. The molecule has 0 aliphatic carbocycles. The Morgan fingerprint density at radius 1 is 1.22 bits per heavy atom.